The Bertz CT molecular complexity index is 279. The highest BCUT2D eigenvalue weighted by Crippen LogP contribution is 2.10. The summed E-state index contributed by atoms with van der Waals surface area (Å²) in [5.74, 6) is -2.34. The van der Waals surface area contributed by atoms with Crippen molar-refractivity contribution in [3.8, 4) is 0 Å². The second-order valence-corrected chi connectivity index (χ2v) is 3.61. The summed E-state index contributed by atoms with van der Waals surface area (Å²) < 4.78 is 0. The van der Waals surface area contributed by atoms with E-state index in [1.165, 1.54) is 0 Å². The molecule has 15 heavy (non-hydrogen) atoms. The number of carbonyl (C=O) groups is 2. The Morgan fingerprint density at radius 3 is 2.27 bits per heavy atom. The van der Waals surface area contributed by atoms with Gasteiger partial charge >= 0.3 is 11.9 Å². The van der Waals surface area contributed by atoms with Gasteiger partial charge in [0.15, 0.2) is 0 Å². The van der Waals surface area contributed by atoms with Crippen LogP contribution in [0.4, 0.5) is 0 Å². The normalized spacial score (nSPS) is 18.0. The van der Waals surface area contributed by atoms with E-state index in [4.69, 9.17) is 10.2 Å². The second kappa shape index (κ2) is 5.50. The standard InChI is InChI=1S/C10H15NO4/c12-9(13)7-8(10(14)15)3-6-11-4-1-2-5-11/h7H,1-6H2,(H,12,13)(H,14,15). The lowest BCUT2D eigenvalue weighted by Crippen LogP contribution is -2.22. The van der Waals surface area contributed by atoms with E-state index in [9.17, 15) is 9.59 Å². The van der Waals surface area contributed by atoms with E-state index in [0.717, 1.165) is 32.0 Å². The topological polar surface area (TPSA) is 77.8 Å². The molecule has 0 aliphatic carbocycles. The van der Waals surface area contributed by atoms with Crippen LogP contribution in [0.3, 0.4) is 0 Å². The number of hydrogen-bond donors (Lipinski definition) is 2. The summed E-state index contributed by atoms with van der Waals surface area (Å²) >= 11 is 0. The fourth-order valence-electron chi connectivity index (χ4n) is 1.67. The van der Waals surface area contributed by atoms with Crippen LogP contribution in [0.25, 0.3) is 0 Å². The average Bonchev–Trinajstić information content (AvgIpc) is 2.63. The van der Waals surface area contributed by atoms with Gasteiger partial charge in [-0.3, -0.25) is 0 Å². The summed E-state index contributed by atoms with van der Waals surface area (Å²) in [5, 5.41) is 17.2. The summed E-state index contributed by atoms with van der Waals surface area (Å²) in [7, 11) is 0. The van der Waals surface area contributed by atoms with E-state index in [-0.39, 0.29) is 5.57 Å². The first kappa shape index (κ1) is 11.7. The molecule has 0 atom stereocenters. The number of nitrogens with zero attached hydrogens (tertiary/aromatic N) is 1. The Balaban J connectivity index is 2.44. The second-order valence-electron chi connectivity index (χ2n) is 3.61. The molecular formula is C10H15NO4. The van der Waals surface area contributed by atoms with Gasteiger partial charge in [0.25, 0.3) is 0 Å². The largest absolute Gasteiger partial charge is 0.478 e. The van der Waals surface area contributed by atoms with Crippen molar-refractivity contribution in [1.29, 1.82) is 0 Å². The van der Waals surface area contributed by atoms with E-state index in [1.54, 1.807) is 0 Å². The maximum atomic E-state index is 10.7. The first-order valence-corrected chi connectivity index (χ1v) is 4.99. The van der Waals surface area contributed by atoms with Gasteiger partial charge in [0.05, 0.1) is 0 Å². The van der Waals surface area contributed by atoms with Gasteiger partial charge in [-0.05, 0) is 32.4 Å². The minimum Gasteiger partial charge on any atom is -0.478 e. The number of hydrogen-bond acceptors (Lipinski definition) is 3. The molecule has 0 amide bonds. The Kier molecular flexibility index (Phi) is 4.30. The van der Waals surface area contributed by atoms with Crippen molar-refractivity contribution < 1.29 is 19.8 Å². The summed E-state index contributed by atoms with van der Waals surface area (Å²) in [4.78, 5) is 23.2. The predicted molar refractivity (Wildman–Crippen MR) is 53.6 cm³/mol. The molecule has 0 aromatic rings. The number of likely N-dealkylation sites (tertiary alicyclic amines) is 1. The van der Waals surface area contributed by atoms with Gasteiger partial charge in [0.1, 0.15) is 0 Å². The zero-order valence-corrected chi connectivity index (χ0v) is 8.48. The third kappa shape index (κ3) is 4.12. The van der Waals surface area contributed by atoms with Crippen molar-refractivity contribution >= 4 is 11.9 Å². The highest BCUT2D eigenvalue weighted by molar-refractivity contribution is 5.94. The molecule has 0 bridgehead atoms. The molecule has 1 aliphatic rings. The molecule has 84 valence electrons. The van der Waals surface area contributed by atoms with E-state index in [1.807, 2.05) is 0 Å². The predicted octanol–water partition coefficient (Wildman–Crippen LogP) is 0.568. The Morgan fingerprint density at radius 2 is 1.80 bits per heavy atom. The monoisotopic (exact) mass is 213 g/mol. The van der Waals surface area contributed by atoms with Gasteiger partial charge in [-0.1, -0.05) is 0 Å². The first-order valence-electron chi connectivity index (χ1n) is 4.99. The Hall–Kier alpha value is -1.36. The van der Waals surface area contributed by atoms with E-state index in [2.05, 4.69) is 4.90 Å². The number of carboxylic acid groups (broad SMARTS) is 2. The molecule has 0 saturated carbocycles. The molecule has 1 fully saturated rings. The third-order valence-electron chi connectivity index (χ3n) is 2.47. The van der Waals surface area contributed by atoms with Crippen LogP contribution in [0, 0.1) is 0 Å². The Morgan fingerprint density at radius 1 is 1.20 bits per heavy atom. The van der Waals surface area contributed by atoms with Gasteiger partial charge in [-0.25, -0.2) is 9.59 Å². The van der Waals surface area contributed by atoms with Gasteiger partial charge in [0, 0.05) is 18.2 Å². The van der Waals surface area contributed by atoms with Crippen molar-refractivity contribution in [2.75, 3.05) is 19.6 Å². The van der Waals surface area contributed by atoms with Crippen LogP contribution < -0.4 is 0 Å². The first-order chi connectivity index (χ1) is 7.09. The smallest absolute Gasteiger partial charge is 0.331 e. The fourth-order valence-corrected chi connectivity index (χ4v) is 1.67. The highest BCUT2D eigenvalue weighted by atomic mass is 16.4. The minimum absolute atomic E-state index is 0.0330. The van der Waals surface area contributed by atoms with E-state index < -0.39 is 11.9 Å². The average molecular weight is 213 g/mol. The van der Waals surface area contributed by atoms with Crippen LogP contribution in [-0.2, 0) is 9.59 Å². The van der Waals surface area contributed by atoms with Crippen LogP contribution in [0.15, 0.2) is 11.6 Å². The van der Waals surface area contributed by atoms with Gasteiger partial charge < -0.3 is 15.1 Å². The number of aliphatic carboxylic acids is 2. The summed E-state index contributed by atoms with van der Waals surface area (Å²) in [6, 6.07) is 0. The molecule has 1 aliphatic heterocycles. The SMILES string of the molecule is O=C(O)C=C(CCN1CCCC1)C(=O)O. The maximum absolute atomic E-state index is 10.7. The Labute approximate surface area is 88.0 Å². The summed E-state index contributed by atoms with van der Waals surface area (Å²) in [6.45, 7) is 2.60. The third-order valence-corrected chi connectivity index (χ3v) is 2.47. The maximum Gasteiger partial charge on any atom is 0.331 e. The number of carboxylic acids is 2. The molecule has 2 N–H and O–H groups in total. The van der Waals surface area contributed by atoms with Crippen LogP contribution >= 0.6 is 0 Å². The van der Waals surface area contributed by atoms with Gasteiger partial charge in [0.2, 0.25) is 0 Å². The molecular weight excluding hydrogens is 198 g/mol. The summed E-state index contributed by atoms with van der Waals surface area (Å²) in [5.41, 5.74) is -0.0330. The summed E-state index contributed by atoms with van der Waals surface area (Å²) in [6.07, 6.45) is 3.36. The molecule has 5 nitrogen and oxygen atoms in total. The minimum atomic E-state index is -1.20. The molecule has 0 radical (unpaired) electrons. The highest BCUT2D eigenvalue weighted by Gasteiger charge is 2.14. The lowest BCUT2D eigenvalue weighted by atomic mass is 10.1. The quantitative estimate of drug-likeness (QED) is 0.653. The van der Waals surface area contributed by atoms with Crippen molar-refractivity contribution in [1.82, 2.24) is 4.90 Å². The molecule has 5 heteroatoms. The van der Waals surface area contributed by atoms with Crippen LogP contribution in [0.5, 0.6) is 0 Å². The molecule has 0 spiro atoms. The fraction of sp³-hybridized carbons (Fsp3) is 0.600. The zero-order valence-electron chi connectivity index (χ0n) is 8.48. The molecule has 1 heterocycles. The van der Waals surface area contributed by atoms with Crippen molar-refractivity contribution in [3.63, 3.8) is 0 Å². The van der Waals surface area contributed by atoms with Crippen LogP contribution in [-0.4, -0.2) is 46.7 Å². The van der Waals surface area contributed by atoms with Crippen molar-refractivity contribution in [2.45, 2.75) is 19.3 Å². The van der Waals surface area contributed by atoms with Crippen LogP contribution in [0.1, 0.15) is 19.3 Å². The molecule has 0 unspecified atom stereocenters. The molecule has 0 aromatic heterocycles. The van der Waals surface area contributed by atoms with Crippen LogP contribution in [0.2, 0.25) is 0 Å². The van der Waals surface area contributed by atoms with Crippen molar-refractivity contribution in [3.05, 3.63) is 11.6 Å². The molecule has 0 aromatic carbocycles. The van der Waals surface area contributed by atoms with E-state index >= 15 is 0 Å². The number of rotatable bonds is 5. The van der Waals surface area contributed by atoms with Gasteiger partial charge in [-0.2, -0.15) is 0 Å². The zero-order chi connectivity index (χ0) is 11.3. The van der Waals surface area contributed by atoms with Gasteiger partial charge in [-0.15, -0.1) is 0 Å². The van der Waals surface area contributed by atoms with Crippen molar-refractivity contribution in [2.24, 2.45) is 0 Å². The molecule has 1 rings (SSSR count). The lowest BCUT2D eigenvalue weighted by molar-refractivity contribution is -0.135. The lowest BCUT2D eigenvalue weighted by Gasteiger charge is -2.13. The molecule has 1 saturated heterocycles. The van der Waals surface area contributed by atoms with E-state index in [0.29, 0.717) is 13.0 Å².